The fourth-order valence-electron chi connectivity index (χ4n) is 5.34. The van der Waals surface area contributed by atoms with Crippen molar-refractivity contribution in [2.45, 2.75) is 65.5 Å². The molecule has 0 amide bonds. The van der Waals surface area contributed by atoms with E-state index in [9.17, 15) is 0 Å². The number of rotatable bonds is 15. The van der Waals surface area contributed by atoms with Gasteiger partial charge in [0, 0.05) is 32.5 Å². The van der Waals surface area contributed by atoms with E-state index in [1.54, 1.807) is 5.57 Å². The Labute approximate surface area is 212 Å². The van der Waals surface area contributed by atoms with Gasteiger partial charge < -0.3 is 14.8 Å². The summed E-state index contributed by atoms with van der Waals surface area (Å²) in [4.78, 5) is 19.8. The maximum atomic E-state index is 4.72. The number of imidazole rings is 1. The van der Waals surface area contributed by atoms with Gasteiger partial charge in [0.15, 0.2) is 0 Å². The van der Waals surface area contributed by atoms with Gasteiger partial charge >= 0.3 is 0 Å². The molecule has 1 N–H and O–H groups in total. The van der Waals surface area contributed by atoms with E-state index in [1.807, 2.05) is 12.4 Å². The van der Waals surface area contributed by atoms with Crippen LogP contribution in [0.3, 0.4) is 0 Å². The van der Waals surface area contributed by atoms with Crippen LogP contribution >= 0.6 is 0 Å². The molecule has 1 aromatic carbocycles. The second kappa shape index (κ2) is 13.0. The van der Waals surface area contributed by atoms with Crippen molar-refractivity contribution in [2.75, 3.05) is 46.3 Å². The fourth-order valence-corrected chi connectivity index (χ4v) is 5.34. The van der Waals surface area contributed by atoms with Gasteiger partial charge in [-0.3, -0.25) is 9.89 Å². The number of unbranched alkanes of at least 4 members (excludes halogenated alkanes) is 1. The maximum absolute atomic E-state index is 4.72. The zero-order valence-electron chi connectivity index (χ0n) is 22.1. The van der Waals surface area contributed by atoms with Crippen molar-refractivity contribution in [1.82, 2.24) is 24.7 Å². The van der Waals surface area contributed by atoms with Gasteiger partial charge in [0.2, 0.25) is 0 Å². The lowest BCUT2D eigenvalue weighted by atomic mass is 10.0. The van der Waals surface area contributed by atoms with Crippen molar-refractivity contribution >= 4 is 11.9 Å². The summed E-state index contributed by atoms with van der Waals surface area (Å²) in [7, 11) is 2.14. The number of nitrogens with one attached hydrogen (secondary N) is 1. The van der Waals surface area contributed by atoms with Crippen LogP contribution in [0.1, 0.15) is 68.5 Å². The smallest absolute Gasteiger partial charge is 0.120 e. The molecule has 0 saturated heterocycles. The van der Waals surface area contributed by atoms with E-state index < -0.39 is 0 Å². The molecule has 190 valence electrons. The zero-order valence-corrected chi connectivity index (χ0v) is 22.1. The topological polar surface area (TPSA) is 50.8 Å². The van der Waals surface area contributed by atoms with E-state index in [0.29, 0.717) is 0 Å². The van der Waals surface area contributed by atoms with E-state index in [0.717, 1.165) is 45.0 Å². The third-order valence-corrected chi connectivity index (χ3v) is 7.16. The number of nitrogens with zero attached hydrogens (tertiary/aromatic N) is 5. The average Bonchev–Trinajstić information content (AvgIpc) is 3.59. The molecule has 1 aromatic heterocycles. The quantitative estimate of drug-likeness (QED) is 0.368. The van der Waals surface area contributed by atoms with Crippen molar-refractivity contribution in [3.8, 4) is 0 Å². The van der Waals surface area contributed by atoms with E-state index in [1.165, 1.54) is 74.3 Å². The molecular formula is C29H44N6. The van der Waals surface area contributed by atoms with Crippen LogP contribution in [0.25, 0.3) is 6.08 Å². The minimum absolute atomic E-state index is 0.797. The maximum Gasteiger partial charge on any atom is 0.120 e. The number of fused-ring (bicyclic) bond motifs is 1. The number of aromatic amines is 1. The summed E-state index contributed by atoms with van der Waals surface area (Å²) in [5, 5.41) is 0. The Morgan fingerprint density at radius 2 is 1.86 bits per heavy atom. The Balaban J connectivity index is 1.33. The monoisotopic (exact) mass is 476 g/mol. The second-order valence-electron chi connectivity index (χ2n) is 10.2. The highest BCUT2D eigenvalue weighted by Crippen LogP contribution is 2.29. The molecule has 4 rings (SSSR count). The van der Waals surface area contributed by atoms with Crippen LogP contribution in [0, 0.1) is 0 Å². The molecule has 0 radical (unpaired) electrons. The van der Waals surface area contributed by atoms with Gasteiger partial charge in [-0.1, -0.05) is 43.7 Å². The number of benzene rings is 1. The molecule has 1 aliphatic heterocycles. The number of hydrogen-bond donors (Lipinski definition) is 1. The van der Waals surface area contributed by atoms with Crippen LogP contribution in [0.4, 0.5) is 0 Å². The van der Waals surface area contributed by atoms with Crippen LogP contribution < -0.4 is 0 Å². The molecule has 2 heterocycles. The highest BCUT2D eigenvalue weighted by molar-refractivity contribution is 5.85. The Bertz CT molecular complexity index is 971. The minimum atomic E-state index is 0.797. The first-order valence-electron chi connectivity index (χ1n) is 13.6. The molecular weight excluding hydrogens is 432 g/mol. The molecule has 0 saturated carbocycles. The number of hydrogen-bond acceptors (Lipinski definition) is 5. The molecule has 0 atom stereocenters. The molecule has 0 bridgehead atoms. The van der Waals surface area contributed by atoms with Gasteiger partial charge in [-0.25, -0.2) is 4.98 Å². The predicted octanol–water partition coefficient (Wildman–Crippen LogP) is 4.99. The molecule has 35 heavy (non-hydrogen) atoms. The summed E-state index contributed by atoms with van der Waals surface area (Å²) in [6.07, 6.45) is 13.7. The largest absolute Gasteiger partial charge is 0.360 e. The van der Waals surface area contributed by atoms with Crippen LogP contribution in [0.5, 0.6) is 0 Å². The number of aromatic nitrogens is 2. The van der Waals surface area contributed by atoms with Gasteiger partial charge in [0.25, 0.3) is 0 Å². The molecule has 0 fully saturated rings. The molecule has 0 spiro atoms. The van der Waals surface area contributed by atoms with Crippen LogP contribution in [0.2, 0.25) is 0 Å². The number of likely N-dealkylation sites (N-methyl/N-ethyl adjacent to an activating group) is 1. The molecule has 1 aliphatic carbocycles. The van der Waals surface area contributed by atoms with Gasteiger partial charge in [0.05, 0.1) is 19.6 Å². The van der Waals surface area contributed by atoms with Crippen molar-refractivity contribution in [1.29, 1.82) is 0 Å². The van der Waals surface area contributed by atoms with E-state index in [4.69, 9.17) is 4.99 Å². The molecule has 6 heteroatoms. The molecule has 2 aliphatic rings. The van der Waals surface area contributed by atoms with Crippen molar-refractivity contribution in [3.05, 3.63) is 58.7 Å². The Hall–Kier alpha value is -2.44. The first-order valence-corrected chi connectivity index (χ1v) is 13.6. The standard InChI is InChI=1S/C29H44N6/c1-4-14-34(15-5-2)16-7-6-8-24-18-26-10-9-25(20-27(26)19-24)21-35(22-28-30-11-12-31-28)23-29-32-13-17-33(29)3/h9-12,19-20H,4-8,13-18,21-23H2,1-3H3,(H,30,31). The third kappa shape index (κ3) is 7.52. The van der Waals surface area contributed by atoms with Gasteiger partial charge in [-0.2, -0.15) is 0 Å². The van der Waals surface area contributed by atoms with Crippen LogP contribution in [-0.2, 0) is 19.5 Å². The number of allylic oxidation sites excluding steroid dienone is 1. The highest BCUT2D eigenvalue weighted by Gasteiger charge is 2.19. The lowest BCUT2D eigenvalue weighted by Gasteiger charge is -2.24. The first kappa shape index (κ1) is 25.6. The van der Waals surface area contributed by atoms with Crippen LogP contribution in [0.15, 0.2) is 41.2 Å². The average molecular weight is 477 g/mol. The molecule has 0 unspecified atom stereocenters. The van der Waals surface area contributed by atoms with Gasteiger partial charge in [-0.05, 0) is 74.8 Å². The summed E-state index contributed by atoms with van der Waals surface area (Å²) in [5.74, 6) is 2.18. The lowest BCUT2D eigenvalue weighted by Crippen LogP contribution is -2.36. The second-order valence-corrected chi connectivity index (χ2v) is 10.2. The minimum Gasteiger partial charge on any atom is -0.360 e. The Morgan fingerprint density at radius 3 is 2.57 bits per heavy atom. The number of H-pyrrole nitrogens is 1. The van der Waals surface area contributed by atoms with Gasteiger partial charge in [-0.15, -0.1) is 0 Å². The predicted molar refractivity (Wildman–Crippen MR) is 147 cm³/mol. The van der Waals surface area contributed by atoms with Crippen molar-refractivity contribution in [2.24, 2.45) is 4.99 Å². The highest BCUT2D eigenvalue weighted by atomic mass is 15.3. The summed E-state index contributed by atoms with van der Waals surface area (Å²) >= 11 is 0. The Morgan fingerprint density at radius 1 is 1.00 bits per heavy atom. The van der Waals surface area contributed by atoms with E-state index in [2.05, 4.69) is 69.8 Å². The number of amidine groups is 1. The number of aliphatic imine (C=N–C) groups is 1. The summed E-state index contributed by atoms with van der Waals surface area (Å²) in [6, 6.07) is 7.07. The Kier molecular flexibility index (Phi) is 9.55. The first-order chi connectivity index (χ1) is 17.1. The third-order valence-electron chi connectivity index (χ3n) is 7.16. The van der Waals surface area contributed by atoms with Crippen molar-refractivity contribution < 1.29 is 0 Å². The lowest BCUT2D eigenvalue weighted by molar-refractivity contribution is 0.269. The normalized spacial score (nSPS) is 15.3. The summed E-state index contributed by atoms with van der Waals surface area (Å²) in [6.45, 7) is 12.8. The van der Waals surface area contributed by atoms with E-state index >= 15 is 0 Å². The fraction of sp³-hybridized carbons (Fsp3) is 0.586. The van der Waals surface area contributed by atoms with Crippen molar-refractivity contribution in [3.63, 3.8) is 0 Å². The summed E-state index contributed by atoms with van der Waals surface area (Å²) < 4.78 is 0. The molecule has 2 aromatic rings. The van der Waals surface area contributed by atoms with Gasteiger partial charge in [0.1, 0.15) is 11.7 Å². The zero-order chi connectivity index (χ0) is 24.5. The van der Waals surface area contributed by atoms with E-state index in [-0.39, 0.29) is 0 Å². The SMILES string of the molecule is CCCN(CCC)CCCCC1=Cc2cc(CN(CC3=NCCN3C)Cc3ncc[nH]3)ccc2C1. The van der Waals surface area contributed by atoms with Crippen LogP contribution in [-0.4, -0.2) is 76.8 Å². The summed E-state index contributed by atoms with van der Waals surface area (Å²) in [5.41, 5.74) is 5.87. The molecule has 6 nitrogen and oxygen atoms in total.